The molecular formula is C20H22F9N3O2. The largest absolute Gasteiger partial charge is 0.416 e. The van der Waals surface area contributed by atoms with E-state index in [1.807, 2.05) is 0 Å². The van der Waals surface area contributed by atoms with E-state index in [9.17, 15) is 49.1 Å². The molecule has 0 radical (unpaired) electrons. The molecule has 2 rings (SSSR count). The van der Waals surface area contributed by atoms with Crippen LogP contribution < -0.4 is 16.0 Å². The lowest BCUT2D eigenvalue weighted by molar-refractivity contribution is -0.143. The van der Waals surface area contributed by atoms with Gasteiger partial charge >= 0.3 is 18.5 Å². The molecule has 0 aliphatic heterocycles. The lowest BCUT2D eigenvalue weighted by Gasteiger charge is -2.29. The van der Waals surface area contributed by atoms with Crippen molar-refractivity contribution in [3.63, 3.8) is 0 Å². The Hall–Kier alpha value is -2.51. The molecule has 34 heavy (non-hydrogen) atoms. The Labute approximate surface area is 188 Å². The van der Waals surface area contributed by atoms with E-state index >= 15 is 0 Å². The van der Waals surface area contributed by atoms with E-state index in [2.05, 4.69) is 10.6 Å². The van der Waals surface area contributed by atoms with Gasteiger partial charge in [0.25, 0.3) is 5.91 Å². The predicted molar refractivity (Wildman–Crippen MR) is 102 cm³/mol. The Balaban J connectivity index is 1.84. The molecule has 0 saturated heterocycles. The van der Waals surface area contributed by atoms with Gasteiger partial charge in [-0.1, -0.05) is 0 Å². The maximum Gasteiger partial charge on any atom is 0.416 e. The molecule has 1 aromatic rings. The number of hydrogen-bond donors (Lipinski definition) is 3. The van der Waals surface area contributed by atoms with Crippen molar-refractivity contribution in [2.24, 2.45) is 5.92 Å². The second-order valence-electron chi connectivity index (χ2n) is 8.00. The van der Waals surface area contributed by atoms with Gasteiger partial charge in [0, 0.05) is 18.2 Å². The highest BCUT2D eigenvalue weighted by molar-refractivity contribution is 5.94. The van der Waals surface area contributed by atoms with Crippen LogP contribution in [0.15, 0.2) is 18.2 Å². The highest BCUT2D eigenvalue weighted by atomic mass is 19.4. The second-order valence-corrected chi connectivity index (χ2v) is 8.00. The molecule has 0 aromatic heterocycles. The third-order valence-electron chi connectivity index (χ3n) is 5.29. The van der Waals surface area contributed by atoms with Crippen molar-refractivity contribution in [3.8, 4) is 0 Å². The molecule has 1 aliphatic carbocycles. The van der Waals surface area contributed by atoms with Crippen molar-refractivity contribution in [2.75, 3.05) is 19.6 Å². The van der Waals surface area contributed by atoms with Crippen molar-refractivity contribution in [1.82, 2.24) is 16.0 Å². The van der Waals surface area contributed by atoms with Crippen LogP contribution in [0.1, 0.15) is 47.2 Å². The summed E-state index contributed by atoms with van der Waals surface area (Å²) in [4.78, 5) is 23.7. The van der Waals surface area contributed by atoms with Gasteiger partial charge in [-0.15, -0.1) is 0 Å². The number of hydrogen-bond acceptors (Lipinski definition) is 3. The van der Waals surface area contributed by atoms with E-state index in [-0.39, 0.29) is 31.1 Å². The average molecular weight is 507 g/mol. The summed E-state index contributed by atoms with van der Waals surface area (Å²) >= 11 is 0. The molecule has 0 unspecified atom stereocenters. The Bertz CT molecular complexity index is 826. The van der Waals surface area contributed by atoms with Crippen LogP contribution in [0.2, 0.25) is 0 Å². The fraction of sp³-hybridized carbons (Fsp3) is 0.600. The van der Waals surface area contributed by atoms with E-state index in [1.54, 1.807) is 5.32 Å². The summed E-state index contributed by atoms with van der Waals surface area (Å²) in [5.41, 5.74) is -3.93. The van der Waals surface area contributed by atoms with Crippen LogP contribution in [0.5, 0.6) is 0 Å². The van der Waals surface area contributed by atoms with Crippen LogP contribution in [0.4, 0.5) is 39.5 Å². The normalized spacial score (nSPS) is 19.6. The number of nitrogens with one attached hydrogen (secondary N) is 3. The van der Waals surface area contributed by atoms with Gasteiger partial charge in [-0.05, 0) is 49.8 Å². The molecule has 0 atom stereocenters. The minimum absolute atomic E-state index is 0.0230. The van der Waals surface area contributed by atoms with Gasteiger partial charge in [0.05, 0.1) is 17.7 Å². The fourth-order valence-corrected chi connectivity index (χ4v) is 3.49. The number of amides is 2. The molecule has 3 N–H and O–H groups in total. The Kier molecular flexibility index (Phi) is 8.83. The highest BCUT2D eigenvalue weighted by Gasteiger charge is 2.37. The molecule has 1 saturated carbocycles. The Morgan fingerprint density at radius 1 is 0.794 bits per heavy atom. The van der Waals surface area contributed by atoms with Gasteiger partial charge in [-0.25, -0.2) is 0 Å². The Morgan fingerprint density at radius 3 is 1.79 bits per heavy atom. The summed E-state index contributed by atoms with van der Waals surface area (Å²) in [7, 11) is 0. The third kappa shape index (κ3) is 9.03. The van der Waals surface area contributed by atoms with E-state index in [0.29, 0.717) is 37.8 Å². The highest BCUT2D eigenvalue weighted by Crippen LogP contribution is 2.36. The second kappa shape index (κ2) is 10.8. The minimum Gasteiger partial charge on any atom is -0.352 e. The fourth-order valence-electron chi connectivity index (χ4n) is 3.49. The summed E-state index contributed by atoms with van der Waals surface area (Å²) in [5, 5.41) is 6.92. The predicted octanol–water partition coefficient (Wildman–Crippen LogP) is 4.28. The van der Waals surface area contributed by atoms with Crippen LogP contribution in [-0.4, -0.2) is 43.7 Å². The van der Waals surface area contributed by atoms with Crippen LogP contribution in [0.3, 0.4) is 0 Å². The van der Waals surface area contributed by atoms with Crippen molar-refractivity contribution in [1.29, 1.82) is 0 Å². The first-order valence-electron chi connectivity index (χ1n) is 10.2. The molecule has 1 aromatic carbocycles. The number of benzene rings is 1. The van der Waals surface area contributed by atoms with Gasteiger partial charge in [0.15, 0.2) is 0 Å². The van der Waals surface area contributed by atoms with Gasteiger partial charge in [-0.2, -0.15) is 39.5 Å². The lowest BCUT2D eigenvalue weighted by Crippen LogP contribution is -2.43. The zero-order valence-corrected chi connectivity index (χ0v) is 17.6. The van der Waals surface area contributed by atoms with Gasteiger partial charge in [-0.3, -0.25) is 9.59 Å². The quantitative estimate of drug-likeness (QED) is 0.483. The maximum atomic E-state index is 12.9. The van der Waals surface area contributed by atoms with E-state index in [4.69, 9.17) is 0 Å². The number of halogens is 9. The minimum atomic E-state index is -5.06. The molecular weight excluding hydrogens is 485 g/mol. The first-order chi connectivity index (χ1) is 15.5. The van der Waals surface area contributed by atoms with Gasteiger partial charge < -0.3 is 16.0 Å². The van der Waals surface area contributed by atoms with Crippen molar-refractivity contribution in [2.45, 2.75) is 50.3 Å². The SMILES string of the molecule is O=C(CN[C@H]1CC[C@@H](CNC(=O)c2cc(C(F)(F)F)cc(C(F)(F)F)c2)CC1)NCC(F)(F)F. The number of alkyl halides is 9. The van der Waals surface area contributed by atoms with Crippen molar-refractivity contribution >= 4 is 11.8 Å². The number of carbonyl (C=O) groups excluding carboxylic acids is 2. The lowest BCUT2D eigenvalue weighted by atomic mass is 9.86. The molecule has 0 bridgehead atoms. The van der Waals surface area contributed by atoms with Crippen molar-refractivity contribution < 1.29 is 49.1 Å². The molecule has 2 amide bonds. The smallest absolute Gasteiger partial charge is 0.352 e. The molecule has 1 fully saturated rings. The summed E-state index contributed by atoms with van der Waals surface area (Å²) in [6.45, 7) is -1.72. The average Bonchev–Trinajstić information content (AvgIpc) is 2.73. The molecule has 0 heterocycles. The topological polar surface area (TPSA) is 70.2 Å². The monoisotopic (exact) mass is 507 g/mol. The van der Waals surface area contributed by atoms with E-state index in [1.165, 1.54) is 0 Å². The molecule has 1 aliphatic rings. The van der Waals surface area contributed by atoms with Crippen LogP contribution in [0, 0.1) is 5.92 Å². The maximum absolute atomic E-state index is 12.9. The first-order valence-corrected chi connectivity index (χ1v) is 10.2. The zero-order valence-electron chi connectivity index (χ0n) is 17.6. The third-order valence-corrected chi connectivity index (χ3v) is 5.29. The van der Waals surface area contributed by atoms with Gasteiger partial charge in [0.2, 0.25) is 5.91 Å². The van der Waals surface area contributed by atoms with E-state index in [0.717, 1.165) is 0 Å². The molecule has 192 valence electrons. The number of carbonyl (C=O) groups is 2. The summed E-state index contributed by atoms with van der Waals surface area (Å²) in [6, 6.07) is 0.500. The van der Waals surface area contributed by atoms with Crippen LogP contribution in [0.25, 0.3) is 0 Å². The first kappa shape index (κ1) is 27.7. The van der Waals surface area contributed by atoms with Crippen LogP contribution in [-0.2, 0) is 17.1 Å². The summed E-state index contributed by atoms with van der Waals surface area (Å²) in [6.07, 6.45) is -12.5. The Morgan fingerprint density at radius 2 is 1.32 bits per heavy atom. The molecule has 0 spiro atoms. The number of rotatable bonds is 7. The summed E-state index contributed by atoms with van der Waals surface area (Å²) < 4.78 is 114. The standard InChI is InChI=1S/C20H22F9N3O2/c21-18(22,23)10-32-16(33)9-30-15-3-1-11(2-4-15)8-31-17(34)12-5-13(19(24,25)26)7-14(6-12)20(27,28)29/h5-7,11,15,30H,1-4,8-10H2,(H,31,34)(H,32,33)/t11-,15+. The molecule has 5 nitrogen and oxygen atoms in total. The van der Waals surface area contributed by atoms with Crippen LogP contribution >= 0.6 is 0 Å². The molecule has 14 heteroatoms. The van der Waals surface area contributed by atoms with Gasteiger partial charge in [0.1, 0.15) is 6.54 Å². The van der Waals surface area contributed by atoms with E-state index < -0.39 is 53.6 Å². The summed E-state index contributed by atoms with van der Waals surface area (Å²) in [5.74, 6) is -1.99. The van der Waals surface area contributed by atoms with Crippen molar-refractivity contribution in [3.05, 3.63) is 34.9 Å². The zero-order chi connectivity index (χ0) is 25.7.